The first kappa shape index (κ1) is 32.6. The predicted molar refractivity (Wildman–Crippen MR) is 120 cm³/mol. The van der Waals surface area contributed by atoms with Crippen LogP contribution >= 0.6 is 0 Å². The number of aliphatic carboxylic acids is 1. The first-order chi connectivity index (χ1) is 15.5. The van der Waals surface area contributed by atoms with Crippen LogP contribution in [-0.2, 0) is 38.2 Å². The SMILES string of the molecule is CCCC(=O)C(N)=O.CCCC(=O)O.CCCC(=O)OC1CNC(OC(=O)CCC)[C@H](C)O1. The lowest BCUT2D eigenvalue weighted by molar-refractivity contribution is -0.225. The molecule has 1 aliphatic rings. The van der Waals surface area contributed by atoms with Gasteiger partial charge in [0.05, 0.1) is 6.54 Å². The molecule has 4 N–H and O–H groups in total. The van der Waals surface area contributed by atoms with Gasteiger partial charge in [0.25, 0.3) is 5.91 Å². The number of hydrogen-bond donors (Lipinski definition) is 3. The molecule has 33 heavy (non-hydrogen) atoms. The van der Waals surface area contributed by atoms with Crippen LogP contribution < -0.4 is 11.1 Å². The Morgan fingerprint density at radius 1 is 0.879 bits per heavy atom. The molecule has 0 saturated carbocycles. The number of hydrogen-bond acceptors (Lipinski definition) is 9. The van der Waals surface area contributed by atoms with Crippen LogP contribution in [0.4, 0.5) is 0 Å². The number of morpholine rings is 1. The quantitative estimate of drug-likeness (QED) is 0.296. The molecule has 0 bridgehead atoms. The maximum absolute atomic E-state index is 11.4. The molecule has 1 saturated heterocycles. The topological polar surface area (TPSA) is 171 Å². The van der Waals surface area contributed by atoms with E-state index in [1.165, 1.54) is 0 Å². The van der Waals surface area contributed by atoms with E-state index in [9.17, 15) is 24.0 Å². The van der Waals surface area contributed by atoms with Crippen LogP contribution in [-0.4, -0.2) is 59.9 Å². The number of carbonyl (C=O) groups excluding carboxylic acids is 4. The lowest BCUT2D eigenvalue weighted by atomic mass is 10.2. The van der Waals surface area contributed by atoms with Crippen molar-refractivity contribution >= 4 is 29.6 Å². The first-order valence-electron chi connectivity index (χ1n) is 11.3. The second-order valence-electron chi connectivity index (χ2n) is 7.26. The number of esters is 2. The van der Waals surface area contributed by atoms with Crippen molar-refractivity contribution in [2.75, 3.05) is 6.54 Å². The highest BCUT2D eigenvalue weighted by atomic mass is 16.7. The van der Waals surface area contributed by atoms with Crippen molar-refractivity contribution in [2.45, 2.75) is 105 Å². The van der Waals surface area contributed by atoms with E-state index in [1.54, 1.807) is 6.92 Å². The van der Waals surface area contributed by atoms with Crippen molar-refractivity contribution in [3.8, 4) is 0 Å². The summed E-state index contributed by atoms with van der Waals surface area (Å²) in [5, 5.41) is 10.9. The standard InChI is InChI=1S/C13H23NO5.C5H9NO2.C4H8O2/c1-4-6-10(15)18-12-8-14-13(9(3)17-12)19-11(16)7-5-2;1-2-3-4(7)5(6)8;1-2-3-4(5)6/h9,12-14H,4-8H2,1-3H3;2-3H2,1H3,(H2,6,8);2-3H2,1H3,(H,5,6)/t9-,12?,13?;;/m0../s1. The van der Waals surface area contributed by atoms with Gasteiger partial charge < -0.3 is 25.1 Å². The molecule has 1 heterocycles. The Hall–Kier alpha value is -2.53. The molecule has 3 atom stereocenters. The van der Waals surface area contributed by atoms with Gasteiger partial charge in [0.1, 0.15) is 6.10 Å². The van der Waals surface area contributed by atoms with E-state index < -0.39 is 30.2 Å². The van der Waals surface area contributed by atoms with Gasteiger partial charge in [-0.3, -0.25) is 29.3 Å². The Bertz CT molecular complexity index is 611. The van der Waals surface area contributed by atoms with E-state index in [1.807, 2.05) is 27.7 Å². The Kier molecular flexibility index (Phi) is 19.9. The van der Waals surface area contributed by atoms with Crippen molar-refractivity contribution in [3.05, 3.63) is 0 Å². The van der Waals surface area contributed by atoms with Crippen molar-refractivity contribution in [2.24, 2.45) is 5.73 Å². The van der Waals surface area contributed by atoms with Crippen LogP contribution in [0.5, 0.6) is 0 Å². The number of carboxylic acid groups (broad SMARTS) is 1. The van der Waals surface area contributed by atoms with Gasteiger partial charge in [-0.05, 0) is 32.6 Å². The molecule has 2 unspecified atom stereocenters. The monoisotopic (exact) mass is 476 g/mol. The van der Waals surface area contributed by atoms with Gasteiger partial charge in [-0.15, -0.1) is 0 Å². The maximum atomic E-state index is 11.4. The number of ether oxygens (including phenoxy) is 3. The Morgan fingerprint density at radius 3 is 1.70 bits per heavy atom. The summed E-state index contributed by atoms with van der Waals surface area (Å²) in [7, 11) is 0. The molecule has 0 aromatic carbocycles. The summed E-state index contributed by atoms with van der Waals surface area (Å²) >= 11 is 0. The second-order valence-corrected chi connectivity index (χ2v) is 7.26. The van der Waals surface area contributed by atoms with Crippen LogP contribution in [0.25, 0.3) is 0 Å². The Balaban J connectivity index is 0. The number of primary amides is 1. The minimum absolute atomic E-state index is 0.253. The van der Waals surface area contributed by atoms with E-state index in [4.69, 9.17) is 19.3 Å². The number of carbonyl (C=O) groups is 5. The average molecular weight is 477 g/mol. The van der Waals surface area contributed by atoms with Crippen LogP contribution in [0.2, 0.25) is 0 Å². The number of nitrogens with two attached hydrogens (primary N) is 1. The second kappa shape index (κ2) is 20.1. The fraction of sp³-hybridized carbons (Fsp3) is 0.773. The third kappa shape index (κ3) is 18.7. The molecular weight excluding hydrogens is 436 g/mol. The van der Waals surface area contributed by atoms with Gasteiger partial charge in [-0.1, -0.05) is 27.7 Å². The van der Waals surface area contributed by atoms with E-state index >= 15 is 0 Å². The minimum atomic E-state index is -0.827. The zero-order valence-corrected chi connectivity index (χ0v) is 20.4. The molecule has 0 aliphatic carbocycles. The Morgan fingerprint density at radius 2 is 1.36 bits per heavy atom. The lowest BCUT2D eigenvalue weighted by Crippen LogP contribution is -2.54. The van der Waals surface area contributed by atoms with Crippen molar-refractivity contribution in [3.63, 3.8) is 0 Å². The summed E-state index contributed by atoms with van der Waals surface area (Å²) in [4.78, 5) is 52.6. The summed E-state index contributed by atoms with van der Waals surface area (Å²) in [5.74, 6) is -2.54. The fourth-order valence-corrected chi connectivity index (χ4v) is 2.32. The minimum Gasteiger partial charge on any atom is -0.481 e. The van der Waals surface area contributed by atoms with Crippen molar-refractivity contribution in [1.29, 1.82) is 0 Å². The molecular formula is C22H40N2O9. The number of ketones is 1. The summed E-state index contributed by atoms with van der Waals surface area (Å²) in [6.45, 7) is 9.58. The van der Waals surface area contributed by atoms with E-state index in [0.717, 1.165) is 19.3 Å². The summed E-state index contributed by atoms with van der Waals surface area (Å²) < 4.78 is 15.9. The molecule has 11 heteroatoms. The molecule has 0 radical (unpaired) electrons. The van der Waals surface area contributed by atoms with Crippen LogP contribution in [0.15, 0.2) is 0 Å². The molecule has 0 spiro atoms. The van der Waals surface area contributed by atoms with Crippen LogP contribution in [0.1, 0.15) is 86.0 Å². The molecule has 1 rings (SSSR count). The smallest absolute Gasteiger partial charge is 0.308 e. The third-order valence-electron chi connectivity index (χ3n) is 3.92. The first-order valence-corrected chi connectivity index (χ1v) is 11.3. The number of rotatable bonds is 11. The highest BCUT2D eigenvalue weighted by Crippen LogP contribution is 2.13. The van der Waals surface area contributed by atoms with Gasteiger partial charge in [0.15, 0.2) is 6.23 Å². The molecule has 0 aromatic rings. The van der Waals surface area contributed by atoms with Crippen LogP contribution in [0.3, 0.4) is 0 Å². The largest absolute Gasteiger partial charge is 0.481 e. The van der Waals surface area contributed by atoms with E-state index in [-0.39, 0.29) is 24.5 Å². The van der Waals surface area contributed by atoms with Gasteiger partial charge in [0, 0.05) is 25.7 Å². The summed E-state index contributed by atoms with van der Waals surface area (Å²) in [6.07, 6.45) is 2.78. The molecule has 1 aliphatic heterocycles. The third-order valence-corrected chi connectivity index (χ3v) is 3.92. The fourth-order valence-electron chi connectivity index (χ4n) is 2.32. The zero-order valence-electron chi connectivity index (χ0n) is 20.4. The van der Waals surface area contributed by atoms with Crippen molar-refractivity contribution < 1.29 is 43.3 Å². The normalized spacial score (nSPS) is 19.0. The molecule has 1 fully saturated rings. The average Bonchev–Trinajstić information content (AvgIpc) is 2.71. The maximum Gasteiger partial charge on any atom is 0.308 e. The number of nitrogens with one attached hydrogen (secondary N) is 1. The molecule has 11 nitrogen and oxygen atoms in total. The van der Waals surface area contributed by atoms with E-state index in [2.05, 4.69) is 11.1 Å². The van der Waals surface area contributed by atoms with Gasteiger partial charge in [-0.25, -0.2) is 0 Å². The summed E-state index contributed by atoms with van der Waals surface area (Å²) in [6, 6.07) is 0. The zero-order chi connectivity index (χ0) is 25.8. The number of amides is 1. The molecule has 1 amide bonds. The molecule has 0 aromatic heterocycles. The number of Topliss-reactive ketones (excluding diaryl/α,β-unsaturated/α-hetero) is 1. The van der Waals surface area contributed by atoms with E-state index in [0.29, 0.717) is 32.2 Å². The predicted octanol–water partition coefficient (Wildman–Crippen LogP) is 2.05. The summed E-state index contributed by atoms with van der Waals surface area (Å²) in [5.41, 5.74) is 4.63. The van der Waals surface area contributed by atoms with Crippen molar-refractivity contribution in [1.82, 2.24) is 5.32 Å². The van der Waals surface area contributed by atoms with Crippen LogP contribution in [0, 0.1) is 0 Å². The Labute approximate surface area is 195 Å². The lowest BCUT2D eigenvalue weighted by Gasteiger charge is -2.34. The van der Waals surface area contributed by atoms with Gasteiger partial charge in [-0.2, -0.15) is 0 Å². The molecule has 192 valence electrons. The highest BCUT2D eigenvalue weighted by Gasteiger charge is 2.32. The highest BCUT2D eigenvalue weighted by molar-refractivity contribution is 6.35. The number of carboxylic acids is 1. The van der Waals surface area contributed by atoms with Gasteiger partial charge in [0.2, 0.25) is 12.1 Å². The van der Waals surface area contributed by atoms with Gasteiger partial charge >= 0.3 is 17.9 Å².